The van der Waals surface area contributed by atoms with Crippen LogP contribution in [0.4, 0.5) is 5.69 Å². The molecule has 3 aromatic rings. The van der Waals surface area contributed by atoms with Gasteiger partial charge in [0.15, 0.2) is 0 Å². The van der Waals surface area contributed by atoms with Crippen LogP contribution in [0.2, 0.25) is 10.0 Å². The minimum Gasteiger partial charge on any atom is -0.497 e. The number of halogens is 2. The molecule has 0 aliphatic rings. The van der Waals surface area contributed by atoms with Crippen molar-refractivity contribution in [1.29, 1.82) is 0 Å². The highest BCUT2D eigenvalue weighted by Gasteiger charge is 2.32. The number of sulfonamides is 1. The molecule has 0 aromatic heterocycles. The molecular weight excluding hydrogens is 445 g/mol. The molecular formula is C22H21Cl2NO4S. The van der Waals surface area contributed by atoms with Crippen LogP contribution < -0.4 is 13.8 Å². The van der Waals surface area contributed by atoms with Crippen LogP contribution in [0.15, 0.2) is 71.6 Å². The molecule has 0 bridgehead atoms. The lowest BCUT2D eigenvalue weighted by atomic mass is 10.1. The van der Waals surface area contributed by atoms with Gasteiger partial charge < -0.3 is 9.47 Å². The maximum atomic E-state index is 13.7. The van der Waals surface area contributed by atoms with Gasteiger partial charge in [-0.05, 0) is 67.6 Å². The van der Waals surface area contributed by atoms with Gasteiger partial charge in [0.05, 0.1) is 30.8 Å². The molecule has 0 spiro atoms. The number of nitrogens with zero attached hydrogens (tertiary/aromatic N) is 1. The Bertz CT molecular complexity index is 1130. The van der Waals surface area contributed by atoms with E-state index in [0.717, 1.165) is 0 Å². The first-order chi connectivity index (χ1) is 14.3. The molecule has 0 N–H and O–H groups in total. The van der Waals surface area contributed by atoms with Crippen molar-refractivity contribution in [2.24, 2.45) is 0 Å². The summed E-state index contributed by atoms with van der Waals surface area (Å²) < 4.78 is 39.5. The van der Waals surface area contributed by atoms with Crippen LogP contribution in [0.25, 0.3) is 0 Å². The number of hydrogen-bond donors (Lipinski definition) is 0. The zero-order valence-electron chi connectivity index (χ0n) is 16.7. The van der Waals surface area contributed by atoms with Gasteiger partial charge in [0.2, 0.25) is 0 Å². The maximum absolute atomic E-state index is 13.7. The third-order valence-corrected chi connectivity index (χ3v) is 7.07. The maximum Gasteiger partial charge on any atom is 0.264 e. The summed E-state index contributed by atoms with van der Waals surface area (Å²) in [5, 5.41) is 0.874. The normalized spacial score (nSPS) is 12.3. The average molecular weight is 466 g/mol. The van der Waals surface area contributed by atoms with E-state index in [4.69, 9.17) is 32.7 Å². The standard InChI is InChI=1S/C22H21Cl2NO4S/c1-15(21-14-19(28-2)9-12-22(21)29-3)25(18-6-4-5-17(24)13-18)30(26,27)20-10-7-16(23)8-11-20/h4-15H,1-3H3/t15-/m0/s1. The van der Waals surface area contributed by atoms with Crippen molar-refractivity contribution in [2.45, 2.75) is 17.9 Å². The van der Waals surface area contributed by atoms with E-state index in [9.17, 15) is 8.42 Å². The second kappa shape index (κ2) is 9.16. The van der Waals surface area contributed by atoms with E-state index in [1.807, 2.05) is 0 Å². The van der Waals surface area contributed by atoms with Gasteiger partial charge >= 0.3 is 0 Å². The van der Waals surface area contributed by atoms with Crippen LogP contribution in [0.3, 0.4) is 0 Å². The molecule has 0 amide bonds. The van der Waals surface area contributed by atoms with Crippen LogP contribution in [-0.2, 0) is 10.0 Å². The van der Waals surface area contributed by atoms with Crippen LogP contribution in [-0.4, -0.2) is 22.6 Å². The summed E-state index contributed by atoms with van der Waals surface area (Å²) in [6.07, 6.45) is 0. The summed E-state index contributed by atoms with van der Waals surface area (Å²) in [5.41, 5.74) is 1.07. The molecule has 1 atom stereocenters. The first kappa shape index (κ1) is 22.3. The van der Waals surface area contributed by atoms with Crippen LogP contribution >= 0.6 is 23.2 Å². The molecule has 0 fully saturated rings. The Kier molecular flexibility index (Phi) is 6.81. The van der Waals surface area contributed by atoms with Crippen LogP contribution in [0.1, 0.15) is 18.5 Å². The van der Waals surface area contributed by atoms with Crippen molar-refractivity contribution in [3.8, 4) is 11.5 Å². The average Bonchev–Trinajstić information content (AvgIpc) is 2.73. The van der Waals surface area contributed by atoms with Gasteiger partial charge in [-0.15, -0.1) is 0 Å². The summed E-state index contributed by atoms with van der Waals surface area (Å²) in [6.45, 7) is 1.78. The fraction of sp³-hybridized carbons (Fsp3) is 0.182. The third kappa shape index (κ3) is 4.51. The van der Waals surface area contributed by atoms with E-state index in [-0.39, 0.29) is 4.90 Å². The van der Waals surface area contributed by atoms with Gasteiger partial charge in [0, 0.05) is 15.6 Å². The highest BCUT2D eigenvalue weighted by molar-refractivity contribution is 7.92. The molecule has 3 rings (SSSR count). The number of rotatable bonds is 7. The number of ether oxygens (including phenoxy) is 2. The monoisotopic (exact) mass is 465 g/mol. The van der Waals surface area contributed by atoms with Gasteiger partial charge in [-0.25, -0.2) is 8.42 Å². The second-order valence-corrected chi connectivity index (χ2v) is 9.21. The van der Waals surface area contributed by atoms with E-state index in [1.54, 1.807) is 68.6 Å². The largest absolute Gasteiger partial charge is 0.497 e. The first-order valence-corrected chi connectivity index (χ1v) is 11.2. The van der Waals surface area contributed by atoms with E-state index in [1.165, 1.54) is 23.5 Å². The predicted octanol–water partition coefficient (Wildman–Crippen LogP) is 5.97. The van der Waals surface area contributed by atoms with Crippen molar-refractivity contribution in [2.75, 3.05) is 18.5 Å². The smallest absolute Gasteiger partial charge is 0.264 e. The lowest BCUT2D eigenvalue weighted by Crippen LogP contribution is -2.34. The number of hydrogen-bond acceptors (Lipinski definition) is 4. The van der Waals surface area contributed by atoms with Gasteiger partial charge in [-0.3, -0.25) is 4.31 Å². The zero-order chi connectivity index (χ0) is 21.9. The Morgan fingerprint density at radius 1 is 0.867 bits per heavy atom. The topological polar surface area (TPSA) is 55.8 Å². The fourth-order valence-electron chi connectivity index (χ4n) is 3.20. The second-order valence-electron chi connectivity index (χ2n) is 6.52. The van der Waals surface area contributed by atoms with E-state index in [0.29, 0.717) is 32.8 Å². The van der Waals surface area contributed by atoms with Crippen LogP contribution in [0, 0.1) is 0 Å². The summed E-state index contributed by atoms with van der Waals surface area (Å²) in [6, 6.07) is 17.4. The molecule has 0 saturated heterocycles. The van der Waals surface area contributed by atoms with Gasteiger partial charge in [-0.2, -0.15) is 0 Å². The van der Waals surface area contributed by atoms with Crippen molar-refractivity contribution in [3.05, 3.63) is 82.3 Å². The Morgan fingerprint density at radius 2 is 1.57 bits per heavy atom. The number of anilines is 1. The fourth-order valence-corrected chi connectivity index (χ4v) is 5.13. The molecule has 5 nitrogen and oxygen atoms in total. The van der Waals surface area contributed by atoms with Crippen molar-refractivity contribution in [3.63, 3.8) is 0 Å². The molecule has 0 aliphatic heterocycles. The number of benzene rings is 3. The van der Waals surface area contributed by atoms with E-state index in [2.05, 4.69) is 0 Å². The highest BCUT2D eigenvalue weighted by Crippen LogP contribution is 2.39. The Morgan fingerprint density at radius 3 is 2.17 bits per heavy atom. The van der Waals surface area contributed by atoms with Gasteiger partial charge in [0.25, 0.3) is 10.0 Å². The lowest BCUT2D eigenvalue weighted by molar-refractivity contribution is 0.396. The molecule has 0 saturated carbocycles. The quantitative estimate of drug-likeness (QED) is 0.431. The molecule has 30 heavy (non-hydrogen) atoms. The molecule has 0 aliphatic carbocycles. The molecule has 0 heterocycles. The van der Waals surface area contributed by atoms with Crippen molar-refractivity contribution >= 4 is 38.9 Å². The summed E-state index contributed by atoms with van der Waals surface area (Å²) in [4.78, 5) is 0.112. The lowest BCUT2D eigenvalue weighted by Gasteiger charge is -2.32. The molecule has 0 radical (unpaired) electrons. The van der Waals surface area contributed by atoms with Crippen molar-refractivity contribution in [1.82, 2.24) is 0 Å². The SMILES string of the molecule is COc1ccc(OC)c([C@H](C)N(c2cccc(Cl)c2)S(=O)(=O)c2ccc(Cl)cc2)c1. The van der Waals surface area contributed by atoms with Gasteiger partial charge in [0.1, 0.15) is 11.5 Å². The third-order valence-electron chi connectivity index (χ3n) is 4.67. The molecule has 8 heteroatoms. The van der Waals surface area contributed by atoms with Crippen LogP contribution in [0.5, 0.6) is 11.5 Å². The van der Waals surface area contributed by atoms with Crippen molar-refractivity contribution < 1.29 is 17.9 Å². The highest BCUT2D eigenvalue weighted by atomic mass is 35.5. The minimum atomic E-state index is -3.96. The molecule has 3 aromatic carbocycles. The first-order valence-electron chi connectivity index (χ1n) is 9.05. The van der Waals surface area contributed by atoms with E-state index < -0.39 is 16.1 Å². The number of methoxy groups -OCH3 is 2. The minimum absolute atomic E-state index is 0.112. The summed E-state index contributed by atoms with van der Waals surface area (Å²) in [5.74, 6) is 1.13. The molecule has 158 valence electrons. The predicted molar refractivity (Wildman–Crippen MR) is 121 cm³/mol. The zero-order valence-corrected chi connectivity index (χ0v) is 19.0. The van der Waals surface area contributed by atoms with Gasteiger partial charge in [-0.1, -0.05) is 29.3 Å². The Hall–Kier alpha value is -2.41. The van der Waals surface area contributed by atoms with E-state index >= 15 is 0 Å². The molecule has 0 unspecified atom stereocenters. The Labute approximate surface area is 186 Å². The summed E-state index contributed by atoms with van der Waals surface area (Å²) >= 11 is 12.1. The summed E-state index contributed by atoms with van der Waals surface area (Å²) in [7, 11) is -0.872. The Balaban J connectivity index is 2.21.